The van der Waals surface area contributed by atoms with E-state index in [1.54, 1.807) is 0 Å². The second-order valence-electron chi connectivity index (χ2n) is 4.94. The number of carbonyl (C=O) groups excluding carboxylic acids is 1. The molecular formula is C12H23ClN2O3. The molecule has 0 aromatic rings. The summed E-state index contributed by atoms with van der Waals surface area (Å²) in [6, 6.07) is -0.232. The van der Waals surface area contributed by atoms with Crippen molar-refractivity contribution in [2.24, 2.45) is 5.92 Å². The Morgan fingerprint density at radius 3 is 2.83 bits per heavy atom. The first kappa shape index (κ1) is 15.7. The number of aliphatic hydroxyl groups excluding tert-OH is 1. The van der Waals surface area contributed by atoms with Crippen LogP contribution in [0.3, 0.4) is 0 Å². The highest BCUT2D eigenvalue weighted by molar-refractivity contribution is 5.85. The average Bonchev–Trinajstić information content (AvgIpc) is 2.38. The van der Waals surface area contributed by atoms with E-state index >= 15 is 0 Å². The van der Waals surface area contributed by atoms with Gasteiger partial charge in [-0.2, -0.15) is 0 Å². The molecule has 1 amide bonds. The normalized spacial score (nSPS) is 32.4. The van der Waals surface area contributed by atoms with Crippen molar-refractivity contribution in [2.45, 2.75) is 37.8 Å². The van der Waals surface area contributed by atoms with Crippen LogP contribution < -0.4 is 10.6 Å². The molecule has 1 saturated carbocycles. The molecule has 5 nitrogen and oxygen atoms in total. The lowest BCUT2D eigenvalue weighted by molar-refractivity contribution is -0.126. The van der Waals surface area contributed by atoms with Gasteiger partial charge in [0.1, 0.15) is 6.04 Å². The molecule has 106 valence electrons. The van der Waals surface area contributed by atoms with Crippen LogP contribution in [0.5, 0.6) is 0 Å². The average molecular weight is 279 g/mol. The number of morpholine rings is 1. The molecule has 3 N–H and O–H groups in total. The van der Waals surface area contributed by atoms with Crippen LogP contribution in [0.1, 0.15) is 25.7 Å². The molecule has 3 atom stereocenters. The maximum absolute atomic E-state index is 11.8. The third-order valence-electron chi connectivity index (χ3n) is 3.65. The van der Waals surface area contributed by atoms with Gasteiger partial charge in [-0.3, -0.25) is 4.79 Å². The zero-order valence-corrected chi connectivity index (χ0v) is 11.4. The first-order valence-corrected chi connectivity index (χ1v) is 6.54. The fraction of sp³-hybridized carbons (Fsp3) is 0.917. The molecule has 2 rings (SSSR count). The quantitative estimate of drug-likeness (QED) is 0.683. The van der Waals surface area contributed by atoms with E-state index in [1.807, 2.05) is 0 Å². The fourth-order valence-electron chi connectivity index (χ4n) is 2.51. The van der Waals surface area contributed by atoms with Crippen LogP contribution in [0.25, 0.3) is 0 Å². The molecule has 0 aromatic heterocycles. The van der Waals surface area contributed by atoms with Gasteiger partial charge in [0, 0.05) is 19.0 Å². The van der Waals surface area contributed by atoms with E-state index in [0.717, 1.165) is 32.2 Å². The highest BCUT2D eigenvalue weighted by atomic mass is 35.5. The van der Waals surface area contributed by atoms with E-state index in [1.165, 1.54) is 0 Å². The first-order valence-electron chi connectivity index (χ1n) is 6.54. The van der Waals surface area contributed by atoms with Gasteiger partial charge in [0.2, 0.25) is 5.91 Å². The van der Waals surface area contributed by atoms with Crippen molar-refractivity contribution >= 4 is 18.3 Å². The van der Waals surface area contributed by atoms with Crippen molar-refractivity contribution in [3.63, 3.8) is 0 Å². The van der Waals surface area contributed by atoms with E-state index in [9.17, 15) is 9.90 Å². The molecule has 2 aliphatic rings. The summed E-state index contributed by atoms with van der Waals surface area (Å²) in [7, 11) is 0. The van der Waals surface area contributed by atoms with Crippen molar-refractivity contribution in [1.82, 2.24) is 10.6 Å². The van der Waals surface area contributed by atoms with Crippen LogP contribution >= 0.6 is 12.4 Å². The lowest BCUT2D eigenvalue weighted by Crippen LogP contribution is -2.52. The van der Waals surface area contributed by atoms with Gasteiger partial charge >= 0.3 is 0 Å². The standard InChI is InChI=1S/C12H22N2O3.ClH/c15-11-4-2-1-3-9(11)7-14-12(16)10-8-17-6-5-13-10;/h9-11,13,15H,1-8H2,(H,14,16);1H. The lowest BCUT2D eigenvalue weighted by Gasteiger charge is -2.29. The van der Waals surface area contributed by atoms with Crippen molar-refractivity contribution in [3.8, 4) is 0 Å². The van der Waals surface area contributed by atoms with Crippen molar-refractivity contribution in [1.29, 1.82) is 0 Å². The van der Waals surface area contributed by atoms with Gasteiger partial charge in [-0.25, -0.2) is 0 Å². The van der Waals surface area contributed by atoms with Gasteiger partial charge in [-0.15, -0.1) is 12.4 Å². The number of carbonyl (C=O) groups is 1. The molecule has 3 unspecified atom stereocenters. The SMILES string of the molecule is Cl.O=C(NCC1CCCCC1O)C1COCCN1. The lowest BCUT2D eigenvalue weighted by atomic mass is 9.86. The highest BCUT2D eigenvalue weighted by Gasteiger charge is 2.25. The van der Waals surface area contributed by atoms with Crippen LogP contribution in [0.2, 0.25) is 0 Å². The van der Waals surface area contributed by atoms with Crippen LogP contribution in [-0.2, 0) is 9.53 Å². The third kappa shape index (κ3) is 4.39. The topological polar surface area (TPSA) is 70.6 Å². The van der Waals surface area contributed by atoms with E-state index < -0.39 is 0 Å². The van der Waals surface area contributed by atoms with Gasteiger partial charge in [-0.05, 0) is 12.8 Å². The predicted octanol–water partition coefficient (Wildman–Crippen LogP) is 0.0639. The Labute approximate surface area is 114 Å². The summed E-state index contributed by atoms with van der Waals surface area (Å²) in [4.78, 5) is 11.8. The number of ether oxygens (including phenoxy) is 1. The molecule has 0 spiro atoms. The highest BCUT2D eigenvalue weighted by Crippen LogP contribution is 2.23. The smallest absolute Gasteiger partial charge is 0.239 e. The Balaban J connectivity index is 0.00000162. The number of hydrogen-bond acceptors (Lipinski definition) is 4. The van der Waals surface area contributed by atoms with E-state index in [2.05, 4.69) is 10.6 Å². The molecule has 1 saturated heterocycles. The Bertz CT molecular complexity index is 260. The largest absolute Gasteiger partial charge is 0.393 e. The molecule has 6 heteroatoms. The van der Waals surface area contributed by atoms with Gasteiger partial charge in [0.15, 0.2) is 0 Å². The molecule has 18 heavy (non-hydrogen) atoms. The number of nitrogens with one attached hydrogen (secondary N) is 2. The van der Waals surface area contributed by atoms with Crippen LogP contribution in [0, 0.1) is 5.92 Å². The molecule has 0 aromatic carbocycles. The van der Waals surface area contributed by atoms with Crippen LogP contribution in [0.4, 0.5) is 0 Å². The molecule has 1 aliphatic heterocycles. The summed E-state index contributed by atoms with van der Waals surface area (Å²) in [6.07, 6.45) is 3.88. The first-order chi connectivity index (χ1) is 8.27. The molecule has 1 aliphatic carbocycles. The Kier molecular flexibility index (Phi) is 6.92. The number of aliphatic hydroxyl groups is 1. The second kappa shape index (κ2) is 7.94. The van der Waals surface area contributed by atoms with Crippen molar-refractivity contribution < 1.29 is 14.6 Å². The number of halogens is 1. The number of rotatable bonds is 3. The minimum absolute atomic E-state index is 0. The second-order valence-corrected chi connectivity index (χ2v) is 4.94. The minimum Gasteiger partial charge on any atom is -0.393 e. The molecule has 2 fully saturated rings. The Morgan fingerprint density at radius 1 is 1.39 bits per heavy atom. The maximum Gasteiger partial charge on any atom is 0.239 e. The van der Waals surface area contributed by atoms with Gasteiger partial charge < -0.3 is 20.5 Å². The summed E-state index contributed by atoms with van der Waals surface area (Å²) in [5, 5.41) is 15.8. The summed E-state index contributed by atoms with van der Waals surface area (Å²) in [5.74, 6) is 0.208. The molecule has 0 bridgehead atoms. The zero-order valence-electron chi connectivity index (χ0n) is 10.6. The Morgan fingerprint density at radius 2 is 2.17 bits per heavy atom. The minimum atomic E-state index is -0.250. The summed E-state index contributed by atoms with van der Waals surface area (Å²) in [5.41, 5.74) is 0. The Hall–Kier alpha value is -0.360. The monoisotopic (exact) mass is 278 g/mol. The third-order valence-corrected chi connectivity index (χ3v) is 3.65. The van der Waals surface area contributed by atoms with E-state index in [0.29, 0.717) is 19.8 Å². The maximum atomic E-state index is 11.8. The van der Waals surface area contributed by atoms with Crippen molar-refractivity contribution in [3.05, 3.63) is 0 Å². The summed E-state index contributed by atoms with van der Waals surface area (Å²) >= 11 is 0. The zero-order chi connectivity index (χ0) is 12.1. The predicted molar refractivity (Wildman–Crippen MR) is 70.8 cm³/mol. The number of hydrogen-bond donors (Lipinski definition) is 3. The molecule has 0 radical (unpaired) electrons. The van der Waals surface area contributed by atoms with E-state index in [-0.39, 0.29) is 36.4 Å². The van der Waals surface area contributed by atoms with Gasteiger partial charge in [0.25, 0.3) is 0 Å². The molecule has 1 heterocycles. The summed E-state index contributed by atoms with van der Waals surface area (Å²) in [6.45, 7) is 2.42. The summed E-state index contributed by atoms with van der Waals surface area (Å²) < 4.78 is 5.24. The molecular weight excluding hydrogens is 256 g/mol. The van der Waals surface area contributed by atoms with Gasteiger partial charge in [-0.1, -0.05) is 12.8 Å². The van der Waals surface area contributed by atoms with Crippen LogP contribution in [0.15, 0.2) is 0 Å². The van der Waals surface area contributed by atoms with Crippen LogP contribution in [-0.4, -0.2) is 49.5 Å². The van der Waals surface area contributed by atoms with Crippen molar-refractivity contribution in [2.75, 3.05) is 26.3 Å². The number of amides is 1. The van der Waals surface area contributed by atoms with E-state index in [4.69, 9.17) is 4.74 Å². The van der Waals surface area contributed by atoms with Gasteiger partial charge in [0.05, 0.1) is 19.3 Å². The fourth-order valence-corrected chi connectivity index (χ4v) is 2.51.